The van der Waals surface area contributed by atoms with Crippen molar-refractivity contribution in [2.45, 2.75) is 9.49 Å². The van der Waals surface area contributed by atoms with Crippen LogP contribution in [0.4, 0.5) is 0 Å². The number of carbonyl (C=O) groups is 2. The minimum absolute atomic E-state index is 0.0187. The number of benzene rings is 4. The number of rotatable bonds is 4. The van der Waals surface area contributed by atoms with Crippen molar-refractivity contribution in [3.8, 4) is 0 Å². The molecule has 4 aromatic rings. The smallest absolute Gasteiger partial charge is 0.398 e. The van der Waals surface area contributed by atoms with Gasteiger partial charge in [-0.1, -0.05) is 121 Å². The number of carbonyl (C=O) groups excluding carboxylic acids is 2. The molecule has 0 N–H and O–H groups in total. The van der Waals surface area contributed by atoms with Crippen LogP contribution in [0.3, 0.4) is 0 Å². The molecule has 0 radical (unpaired) electrons. The third kappa shape index (κ3) is 3.31. The van der Waals surface area contributed by atoms with Crippen LogP contribution >= 0.6 is 0 Å². The largest absolute Gasteiger partial charge is 0.462 e. The molecule has 1 aliphatic rings. The monoisotopic (exact) mass is 509 g/mol. The number of amides is 1. The fraction of sp³-hybridized carbons (Fsp3) is 0.100. The summed E-state index contributed by atoms with van der Waals surface area (Å²) in [5, 5.41) is 0. The lowest BCUT2D eigenvalue weighted by molar-refractivity contribution is -0.151. The first kappa shape index (κ1) is 24.3. The molecule has 7 heteroatoms. The van der Waals surface area contributed by atoms with E-state index in [1.807, 2.05) is 0 Å². The Bertz CT molecular complexity index is 1410. The second-order valence-electron chi connectivity index (χ2n) is 8.59. The second kappa shape index (κ2) is 9.26. The van der Waals surface area contributed by atoms with Gasteiger partial charge in [-0.2, -0.15) is 0 Å². The Balaban J connectivity index is 1.99. The fourth-order valence-corrected chi connectivity index (χ4v) is 8.27. The van der Waals surface area contributed by atoms with E-state index in [0.717, 1.165) is 7.11 Å². The standard InChI is InChI=1S/C30H23NO5S/c1-36-27(33)26(32)31-28-29(22-14-6-2-7-15-22,23-16-8-3-9-17-23)37(34,35)30(28,24-18-10-4-11-19-24)25-20-12-5-13-21-25/h2-21H,1H3. The highest BCUT2D eigenvalue weighted by atomic mass is 32.2. The van der Waals surface area contributed by atoms with Crippen LogP contribution < -0.4 is 0 Å². The summed E-state index contributed by atoms with van der Waals surface area (Å²) in [7, 11) is -3.18. The van der Waals surface area contributed by atoms with Gasteiger partial charge in [0, 0.05) is 0 Å². The molecular weight excluding hydrogens is 486 g/mol. The van der Waals surface area contributed by atoms with Crippen LogP contribution in [0.1, 0.15) is 22.3 Å². The Hall–Kier alpha value is -4.36. The molecule has 4 aromatic carbocycles. The first-order valence-electron chi connectivity index (χ1n) is 11.6. The van der Waals surface area contributed by atoms with Crippen molar-refractivity contribution < 1.29 is 22.7 Å². The van der Waals surface area contributed by atoms with Crippen LogP contribution in [0.5, 0.6) is 0 Å². The zero-order valence-electron chi connectivity index (χ0n) is 19.9. The number of sulfone groups is 1. The van der Waals surface area contributed by atoms with E-state index in [4.69, 9.17) is 0 Å². The van der Waals surface area contributed by atoms with Crippen LogP contribution in [0, 0.1) is 0 Å². The fourth-order valence-electron chi connectivity index (χ4n) is 5.27. The number of hydrogen-bond donors (Lipinski definition) is 0. The van der Waals surface area contributed by atoms with Gasteiger partial charge in [0.2, 0.25) is 0 Å². The maximum atomic E-state index is 15.1. The Morgan fingerprint density at radius 2 is 0.892 bits per heavy atom. The summed E-state index contributed by atoms with van der Waals surface area (Å²) in [6, 6.07) is 34.6. The molecule has 5 rings (SSSR count). The first-order chi connectivity index (χ1) is 17.9. The molecule has 184 valence electrons. The number of ether oxygens (including phenoxy) is 1. The number of nitrogens with zero attached hydrogens (tertiary/aromatic N) is 1. The highest BCUT2D eigenvalue weighted by Crippen LogP contribution is 2.63. The molecule has 0 spiro atoms. The van der Waals surface area contributed by atoms with Crippen molar-refractivity contribution in [3.63, 3.8) is 0 Å². The van der Waals surface area contributed by atoms with Crippen LogP contribution in [0.25, 0.3) is 0 Å². The van der Waals surface area contributed by atoms with E-state index in [0.29, 0.717) is 22.3 Å². The molecule has 6 nitrogen and oxygen atoms in total. The molecule has 0 aliphatic carbocycles. The number of hydrogen-bond acceptors (Lipinski definition) is 5. The van der Waals surface area contributed by atoms with Gasteiger partial charge in [-0.25, -0.2) is 18.2 Å². The Labute approximate surface area is 215 Å². The zero-order valence-corrected chi connectivity index (χ0v) is 20.8. The highest BCUT2D eigenvalue weighted by molar-refractivity contribution is 7.98. The summed E-state index contributed by atoms with van der Waals surface area (Å²) in [5.41, 5.74) is 1.69. The van der Waals surface area contributed by atoms with Gasteiger partial charge in [0.25, 0.3) is 0 Å². The highest BCUT2D eigenvalue weighted by Gasteiger charge is 2.77. The molecular formula is C30H23NO5S. The summed E-state index contributed by atoms with van der Waals surface area (Å²) < 4.78 is 31.2. The minimum atomic E-state index is -4.26. The van der Waals surface area contributed by atoms with Crippen LogP contribution in [-0.4, -0.2) is 33.1 Å². The summed E-state index contributed by atoms with van der Waals surface area (Å²) in [4.78, 5) is 29.6. The van der Waals surface area contributed by atoms with Gasteiger partial charge in [0.1, 0.15) is 0 Å². The molecule has 1 saturated heterocycles. The van der Waals surface area contributed by atoms with E-state index in [2.05, 4.69) is 9.73 Å². The summed E-state index contributed by atoms with van der Waals surface area (Å²) in [6.07, 6.45) is 0. The lowest BCUT2D eigenvalue weighted by atomic mass is 9.73. The molecule has 37 heavy (non-hydrogen) atoms. The first-order valence-corrected chi connectivity index (χ1v) is 13.1. The van der Waals surface area contributed by atoms with Gasteiger partial charge >= 0.3 is 11.9 Å². The van der Waals surface area contributed by atoms with Gasteiger partial charge in [0.05, 0.1) is 12.8 Å². The van der Waals surface area contributed by atoms with E-state index in [1.165, 1.54) is 0 Å². The Kier molecular flexibility index (Phi) is 6.09. The van der Waals surface area contributed by atoms with E-state index >= 15 is 8.42 Å². The predicted octanol–water partition coefficient (Wildman–Crippen LogP) is 4.44. The van der Waals surface area contributed by atoms with E-state index in [1.54, 1.807) is 121 Å². The Morgan fingerprint density at radius 3 is 1.16 bits per heavy atom. The van der Waals surface area contributed by atoms with Crippen molar-refractivity contribution in [1.29, 1.82) is 0 Å². The van der Waals surface area contributed by atoms with Gasteiger partial charge in [0.15, 0.2) is 19.3 Å². The molecule has 0 atom stereocenters. The van der Waals surface area contributed by atoms with Crippen LogP contribution in [0.2, 0.25) is 0 Å². The molecule has 1 heterocycles. The molecule has 0 saturated carbocycles. The van der Waals surface area contributed by atoms with Gasteiger partial charge < -0.3 is 4.74 Å². The molecule has 0 unspecified atom stereocenters. The van der Waals surface area contributed by atoms with Crippen molar-refractivity contribution in [2.75, 3.05) is 7.11 Å². The molecule has 1 fully saturated rings. The maximum absolute atomic E-state index is 15.1. The SMILES string of the molecule is COC(=O)C(=O)N=C1C(c2ccccc2)(c2ccccc2)S(=O)(=O)C1(c1ccccc1)c1ccccc1. The lowest BCUT2D eigenvalue weighted by Crippen LogP contribution is -2.72. The summed E-state index contributed by atoms with van der Waals surface area (Å²) in [6.45, 7) is 0. The van der Waals surface area contributed by atoms with Crippen molar-refractivity contribution in [1.82, 2.24) is 0 Å². The summed E-state index contributed by atoms with van der Waals surface area (Å²) in [5.74, 6) is -2.36. The average molecular weight is 510 g/mol. The number of methoxy groups -OCH3 is 1. The average Bonchev–Trinajstić information content (AvgIpc) is 2.95. The molecule has 1 aliphatic heterocycles. The van der Waals surface area contributed by atoms with Crippen LogP contribution in [0.15, 0.2) is 126 Å². The van der Waals surface area contributed by atoms with Crippen LogP contribution in [-0.2, 0) is 33.7 Å². The van der Waals surface area contributed by atoms with E-state index in [-0.39, 0.29) is 5.71 Å². The quantitative estimate of drug-likeness (QED) is 0.300. The van der Waals surface area contributed by atoms with Crippen molar-refractivity contribution >= 4 is 27.4 Å². The normalized spacial score (nSPS) is 16.7. The topological polar surface area (TPSA) is 89.9 Å². The van der Waals surface area contributed by atoms with E-state index in [9.17, 15) is 9.59 Å². The van der Waals surface area contributed by atoms with Crippen molar-refractivity contribution in [2.24, 2.45) is 4.99 Å². The lowest BCUT2D eigenvalue weighted by Gasteiger charge is -2.56. The molecule has 1 amide bonds. The third-order valence-electron chi connectivity index (χ3n) is 6.77. The maximum Gasteiger partial charge on any atom is 0.398 e. The van der Waals surface area contributed by atoms with Crippen molar-refractivity contribution in [3.05, 3.63) is 144 Å². The predicted molar refractivity (Wildman–Crippen MR) is 141 cm³/mol. The summed E-state index contributed by atoms with van der Waals surface area (Å²) >= 11 is 0. The number of esters is 1. The number of aliphatic imine (C=N–C) groups is 1. The minimum Gasteiger partial charge on any atom is -0.462 e. The van der Waals surface area contributed by atoms with Gasteiger partial charge in [-0.15, -0.1) is 0 Å². The van der Waals surface area contributed by atoms with Gasteiger partial charge in [-0.3, -0.25) is 4.79 Å². The second-order valence-corrected chi connectivity index (χ2v) is 10.8. The Morgan fingerprint density at radius 1 is 0.595 bits per heavy atom. The van der Waals surface area contributed by atoms with Gasteiger partial charge in [-0.05, 0) is 22.3 Å². The molecule has 0 bridgehead atoms. The molecule has 0 aromatic heterocycles. The zero-order chi connectivity index (χ0) is 26.1. The van der Waals surface area contributed by atoms with E-state index < -0.39 is 31.2 Å². The third-order valence-corrected chi connectivity index (χ3v) is 9.71.